The molecule has 7 heteroatoms. The standard InChI is InChI=1S/C11H7ClN2O4/c12-8-3-1-2-4-10(8)18-11-7-13(15)6-5-9(11)14(16)17/h1-7H. The van der Waals surface area contributed by atoms with Gasteiger partial charge in [0.15, 0.2) is 6.20 Å². The van der Waals surface area contributed by atoms with Gasteiger partial charge in [0.1, 0.15) is 5.75 Å². The van der Waals surface area contributed by atoms with Crippen molar-refractivity contribution >= 4 is 17.3 Å². The predicted octanol–water partition coefficient (Wildman–Crippen LogP) is 2.67. The zero-order chi connectivity index (χ0) is 13.1. The summed E-state index contributed by atoms with van der Waals surface area (Å²) >= 11 is 5.87. The van der Waals surface area contributed by atoms with Gasteiger partial charge in [-0.3, -0.25) is 10.1 Å². The molecule has 0 aliphatic rings. The van der Waals surface area contributed by atoms with E-state index in [1.807, 2.05) is 0 Å². The number of halogens is 1. The van der Waals surface area contributed by atoms with E-state index in [-0.39, 0.29) is 17.2 Å². The lowest BCUT2D eigenvalue weighted by atomic mass is 10.3. The quantitative estimate of drug-likeness (QED) is 0.370. The molecular formula is C11H7ClN2O4. The van der Waals surface area contributed by atoms with Gasteiger partial charge in [-0.25, -0.2) is 0 Å². The van der Waals surface area contributed by atoms with Crippen LogP contribution in [0.2, 0.25) is 5.02 Å². The Morgan fingerprint density at radius 1 is 1.22 bits per heavy atom. The second kappa shape index (κ2) is 4.89. The van der Waals surface area contributed by atoms with E-state index in [9.17, 15) is 15.3 Å². The Morgan fingerprint density at radius 3 is 2.61 bits per heavy atom. The molecule has 0 bridgehead atoms. The lowest BCUT2D eigenvalue weighted by Crippen LogP contribution is -2.24. The lowest BCUT2D eigenvalue weighted by molar-refractivity contribution is -0.606. The molecule has 0 atom stereocenters. The maximum Gasteiger partial charge on any atom is 0.323 e. The number of hydrogen-bond donors (Lipinski definition) is 0. The topological polar surface area (TPSA) is 79.3 Å². The number of nitrogens with zero attached hydrogens (tertiary/aromatic N) is 2. The third-order valence-corrected chi connectivity index (χ3v) is 2.44. The molecule has 2 aromatic rings. The molecule has 0 saturated heterocycles. The number of hydrogen-bond acceptors (Lipinski definition) is 4. The second-order valence-electron chi connectivity index (χ2n) is 3.34. The van der Waals surface area contributed by atoms with E-state index in [0.717, 1.165) is 18.5 Å². The molecule has 2 rings (SSSR count). The second-order valence-corrected chi connectivity index (χ2v) is 3.75. The fourth-order valence-corrected chi connectivity index (χ4v) is 1.50. The van der Waals surface area contributed by atoms with E-state index in [1.165, 1.54) is 0 Å². The number of benzene rings is 1. The van der Waals surface area contributed by atoms with Crippen LogP contribution in [0.5, 0.6) is 11.5 Å². The molecule has 0 aliphatic heterocycles. The summed E-state index contributed by atoms with van der Waals surface area (Å²) in [5.74, 6) is 0.0825. The van der Waals surface area contributed by atoms with Crippen LogP contribution in [0.4, 0.5) is 5.69 Å². The smallest absolute Gasteiger partial charge is 0.323 e. The van der Waals surface area contributed by atoms with E-state index < -0.39 is 4.92 Å². The predicted molar refractivity (Wildman–Crippen MR) is 63.6 cm³/mol. The molecule has 6 nitrogen and oxygen atoms in total. The van der Waals surface area contributed by atoms with Gasteiger partial charge >= 0.3 is 5.69 Å². The molecule has 1 aromatic carbocycles. The minimum atomic E-state index is -0.633. The maximum atomic E-state index is 11.1. The monoisotopic (exact) mass is 266 g/mol. The molecule has 0 spiro atoms. The average molecular weight is 267 g/mol. The summed E-state index contributed by atoms with van der Waals surface area (Å²) in [6, 6.07) is 7.56. The number of aromatic nitrogens is 1. The summed E-state index contributed by atoms with van der Waals surface area (Å²) in [5.41, 5.74) is -0.304. The van der Waals surface area contributed by atoms with Crippen LogP contribution in [-0.2, 0) is 0 Å². The van der Waals surface area contributed by atoms with Crippen molar-refractivity contribution < 1.29 is 14.4 Å². The van der Waals surface area contributed by atoms with Crippen LogP contribution in [0.3, 0.4) is 0 Å². The third-order valence-electron chi connectivity index (χ3n) is 2.13. The van der Waals surface area contributed by atoms with Gasteiger partial charge in [0.25, 0.3) is 5.75 Å². The Bertz CT molecular complexity index is 603. The molecule has 0 radical (unpaired) electrons. The van der Waals surface area contributed by atoms with Gasteiger partial charge in [0.2, 0.25) is 6.20 Å². The number of rotatable bonds is 3. The van der Waals surface area contributed by atoms with Crippen LogP contribution >= 0.6 is 11.6 Å². The number of para-hydroxylation sites is 1. The minimum Gasteiger partial charge on any atom is -0.619 e. The van der Waals surface area contributed by atoms with Crippen molar-refractivity contribution in [3.05, 3.63) is 63.1 Å². The van der Waals surface area contributed by atoms with Crippen molar-refractivity contribution in [3.63, 3.8) is 0 Å². The zero-order valence-corrected chi connectivity index (χ0v) is 9.70. The Labute approximate surface area is 107 Å². The highest BCUT2D eigenvalue weighted by atomic mass is 35.5. The number of pyridine rings is 1. The van der Waals surface area contributed by atoms with E-state index in [0.29, 0.717) is 9.75 Å². The van der Waals surface area contributed by atoms with Crippen molar-refractivity contribution in [2.45, 2.75) is 0 Å². The van der Waals surface area contributed by atoms with E-state index in [1.54, 1.807) is 24.3 Å². The van der Waals surface area contributed by atoms with E-state index in [2.05, 4.69) is 0 Å². The highest BCUT2D eigenvalue weighted by molar-refractivity contribution is 6.32. The third kappa shape index (κ3) is 2.49. The molecule has 0 N–H and O–H groups in total. The molecular weight excluding hydrogens is 260 g/mol. The molecule has 0 saturated carbocycles. The first-order valence-electron chi connectivity index (χ1n) is 4.87. The Hall–Kier alpha value is -2.34. The van der Waals surface area contributed by atoms with Crippen molar-refractivity contribution in [3.8, 4) is 11.5 Å². The lowest BCUT2D eigenvalue weighted by Gasteiger charge is -2.06. The highest BCUT2D eigenvalue weighted by Crippen LogP contribution is 2.33. The Morgan fingerprint density at radius 2 is 1.94 bits per heavy atom. The van der Waals surface area contributed by atoms with Crippen molar-refractivity contribution in [1.29, 1.82) is 0 Å². The van der Waals surface area contributed by atoms with E-state index in [4.69, 9.17) is 16.3 Å². The SMILES string of the molecule is O=[N+]([O-])c1cc[n+]([O-])cc1Oc1ccccc1Cl. The van der Waals surface area contributed by atoms with Crippen LogP contribution in [0.25, 0.3) is 0 Å². The van der Waals surface area contributed by atoms with Crippen molar-refractivity contribution in [2.24, 2.45) is 0 Å². The average Bonchev–Trinajstić information content (AvgIpc) is 2.32. The largest absolute Gasteiger partial charge is 0.619 e. The summed E-state index contributed by atoms with van der Waals surface area (Å²) in [5, 5.41) is 22.2. The normalized spacial score (nSPS) is 10.1. The van der Waals surface area contributed by atoms with Gasteiger partial charge < -0.3 is 9.94 Å². The molecule has 1 heterocycles. The van der Waals surface area contributed by atoms with Crippen molar-refractivity contribution in [1.82, 2.24) is 0 Å². The van der Waals surface area contributed by atoms with E-state index >= 15 is 0 Å². The maximum absolute atomic E-state index is 11.1. The van der Waals surface area contributed by atoms with Crippen LogP contribution < -0.4 is 9.47 Å². The van der Waals surface area contributed by atoms with Gasteiger partial charge in [-0.15, -0.1) is 0 Å². The summed E-state index contributed by atoms with van der Waals surface area (Å²) in [4.78, 5) is 10.2. The molecule has 18 heavy (non-hydrogen) atoms. The highest BCUT2D eigenvalue weighted by Gasteiger charge is 2.20. The summed E-state index contributed by atoms with van der Waals surface area (Å²) in [6.45, 7) is 0. The Kier molecular flexibility index (Phi) is 3.29. The minimum absolute atomic E-state index is 0.161. The molecule has 0 aliphatic carbocycles. The Balaban J connectivity index is 2.42. The summed E-state index contributed by atoms with van der Waals surface area (Å²) in [6.07, 6.45) is 2.00. The number of nitro groups is 1. The fraction of sp³-hybridized carbons (Fsp3) is 0. The van der Waals surface area contributed by atoms with Gasteiger partial charge in [-0.05, 0) is 12.1 Å². The van der Waals surface area contributed by atoms with Gasteiger partial charge in [-0.2, -0.15) is 4.73 Å². The van der Waals surface area contributed by atoms with Crippen LogP contribution in [-0.4, -0.2) is 4.92 Å². The molecule has 1 aromatic heterocycles. The molecule has 0 amide bonds. The van der Waals surface area contributed by atoms with Gasteiger partial charge in [0, 0.05) is 0 Å². The molecule has 0 unspecified atom stereocenters. The van der Waals surface area contributed by atoms with Crippen molar-refractivity contribution in [2.75, 3.05) is 0 Å². The number of ether oxygens (including phenoxy) is 1. The zero-order valence-electron chi connectivity index (χ0n) is 8.95. The summed E-state index contributed by atoms with van der Waals surface area (Å²) in [7, 11) is 0. The van der Waals surface area contributed by atoms with Crippen LogP contribution in [0, 0.1) is 15.3 Å². The van der Waals surface area contributed by atoms with Gasteiger partial charge in [-0.1, -0.05) is 23.7 Å². The van der Waals surface area contributed by atoms with Gasteiger partial charge in [0.05, 0.1) is 16.0 Å². The van der Waals surface area contributed by atoms with Crippen LogP contribution in [0.1, 0.15) is 0 Å². The first-order chi connectivity index (χ1) is 8.58. The molecule has 92 valence electrons. The fourth-order valence-electron chi connectivity index (χ4n) is 1.33. The first kappa shape index (κ1) is 12.1. The molecule has 0 fully saturated rings. The van der Waals surface area contributed by atoms with Crippen LogP contribution in [0.15, 0.2) is 42.7 Å². The first-order valence-corrected chi connectivity index (χ1v) is 5.25. The summed E-state index contributed by atoms with van der Waals surface area (Å²) < 4.78 is 5.70.